The van der Waals surface area contributed by atoms with Crippen molar-refractivity contribution in [1.82, 2.24) is 5.32 Å². The minimum atomic E-state index is 0.227. The second kappa shape index (κ2) is 2.13. The fourth-order valence-electron chi connectivity index (χ4n) is 1.46. The van der Waals surface area contributed by atoms with E-state index in [9.17, 15) is 0 Å². The minimum Gasteiger partial charge on any atom is -0.483 e. The molecule has 0 saturated carbocycles. The summed E-state index contributed by atoms with van der Waals surface area (Å²) in [7, 11) is 0. The summed E-state index contributed by atoms with van der Waals surface area (Å²) in [6.07, 6.45) is 5.18. The van der Waals surface area contributed by atoms with Crippen LogP contribution in [0.5, 0.6) is 0 Å². The van der Waals surface area contributed by atoms with Gasteiger partial charge in [-0.2, -0.15) is 0 Å². The van der Waals surface area contributed by atoms with Crippen molar-refractivity contribution < 1.29 is 4.74 Å². The number of hydrogen-bond donors (Lipinski definition) is 1. The van der Waals surface area contributed by atoms with Crippen molar-refractivity contribution >= 4 is 0 Å². The van der Waals surface area contributed by atoms with Crippen LogP contribution in [0.4, 0.5) is 0 Å². The highest BCUT2D eigenvalue weighted by atomic mass is 16.5. The maximum atomic E-state index is 5.27. The highest BCUT2D eigenvalue weighted by Gasteiger charge is 2.28. The molecule has 2 aliphatic rings. The van der Waals surface area contributed by atoms with Gasteiger partial charge in [-0.1, -0.05) is 12.2 Å². The second-order valence-corrected chi connectivity index (χ2v) is 2.88. The molecule has 2 atom stereocenters. The number of rotatable bonds is 0. The zero-order valence-corrected chi connectivity index (χ0v) is 5.84. The Bertz CT molecular complexity index is 186. The topological polar surface area (TPSA) is 21.3 Å². The Morgan fingerprint density at radius 1 is 1.70 bits per heavy atom. The third-order valence-corrected chi connectivity index (χ3v) is 2.02. The molecular formula is C8H11NO. The Labute approximate surface area is 60.6 Å². The van der Waals surface area contributed by atoms with Gasteiger partial charge in [-0.3, -0.25) is 5.32 Å². The summed E-state index contributed by atoms with van der Waals surface area (Å²) in [5.41, 5.74) is 1.27. The number of nitrogens with one attached hydrogen (secondary N) is 1. The zero-order valence-electron chi connectivity index (χ0n) is 5.84. The molecule has 2 nitrogen and oxygen atoms in total. The molecule has 0 bridgehead atoms. The molecule has 54 valence electrons. The van der Waals surface area contributed by atoms with Gasteiger partial charge in [0.1, 0.15) is 0 Å². The van der Waals surface area contributed by atoms with Crippen molar-refractivity contribution in [2.45, 2.75) is 12.6 Å². The van der Waals surface area contributed by atoms with Crippen LogP contribution in [-0.2, 0) is 4.74 Å². The Kier molecular flexibility index (Phi) is 1.27. The van der Waals surface area contributed by atoms with Gasteiger partial charge in [0.15, 0.2) is 6.23 Å². The summed E-state index contributed by atoms with van der Waals surface area (Å²) in [5, 5.41) is 3.25. The van der Waals surface area contributed by atoms with E-state index in [4.69, 9.17) is 4.74 Å². The molecular weight excluding hydrogens is 126 g/mol. The van der Waals surface area contributed by atoms with Gasteiger partial charge >= 0.3 is 0 Å². The van der Waals surface area contributed by atoms with Crippen LogP contribution >= 0.6 is 0 Å². The Balaban J connectivity index is 2.08. The third kappa shape index (κ3) is 0.847. The molecule has 1 saturated heterocycles. The molecule has 0 aromatic carbocycles. The Hall–Kier alpha value is -0.760. The maximum absolute atomic E-state index is 5.27. The molecule has 0 amide bonds. The highest BCUT2D eigenvalue weighted by molar-refractivity contribution is 5.10. The second-order valence-electron chi connectivity index (χ2n) is 2.88. The number of piperidine rings is 1. The largest absolute Gasteiger partial charge is 0.483 e. The first kappa shape index (κ1) is 5.98. The molecule has 0 aliphatic carbocycles. The first-order chi connectivity index (χ1) is 4.86. The fraction of sp³-hybridized carbons (Fsp3) is 0.500. The van der Waals surface area contributed by atoms with E-state index in [-0.39, 0.29) is 6.23 Å². The first-order valence-corrected chi connectivity index (χ1v) is 3.58. The normalized spacial score (nSPS) is 37.4. The summed E-state index contributed by atoms with van der Waals surface area (Å²) in [5.74, 6) is 0.529. The van der Waals surface area contributed by atoms with Crippen LogP contribution in [-0.4, -0.2) is 12.8 Å². The van der Waals surface area contributed by atoms with Crippen LogP contribution < -0.4 is 5.32 Å². The lowest BCUT2D eigenvalue weighted by molar-refractivity contribution is 0.0924. The predicted octanol–water partition coefficient (Wildman–Crippen LogP) is 1.02. The van der Waals surface area contributed by atoms with Crippen molar-refractivity contribution in [2.24, 2.45) is 5.92 Å². The minimum absolute atomic E-state index is 0.227. The average Bonchev–Trinajstić information content (AvgIpc) is 2.33. The molecule has 2 rings (SSSR count). The predicted molar refractivity (Wildman–Crippen MR) is 39.3 cm³/mol. The molecule has 10 heavy (non-hydrogen) atoms. The summed E-state index contributed by atoms with van der Waals surface area (Å²) in [6, 6.07) is 0. The van der Waals surface area contributed by atoms with Crippen LogP contribution in [0.15, 0.2) is 24.5 Å². The molecule has 2 unspecified atom stereocenters. The van der Waals surface area contributed by atoms with Crippen molar-refractivity contribution in [3.05, 3.63) is 24.5 Å². The van der Waals surface area contributed by atoms with Gasteiger partial charge < -0.3 is 4.74 Å². The summed E-state index contributed by atoms with van der Waals surface area (Å²) < 4.78 is 5.27. The van der Waals surface area contributed by atoms with E-state index in [1.807, 2.05) is 0 Å². The van der Waals surface area contributed by atoms with Gasteiger partial charge in [-0.05, 0) is 12.5 Å². The van der Waals surface area contributed by atoms with E-state index in [0.29, 0.717) is 5.92 Å². The van der Waals surface area contributed by atoms with E-state index < -0.39 is 0 Å². The molecule has 0 aromatic heterocycles. The van der Waals surface area contributed by atoms with Gasteiger partial charge in [-0.25, -0.2) is 0 Å². The van der Waals surface area contributed by atoms with Crippen LogP contribution in [0.1, 0.15) is 6.42 Å². The summed E-state index contributed by atoms with van der Waals surface area (Å²) >= 11 is 0. The SMILES string of the molecule is C=C1CNC2OC=CC2C1. The van der Waals surface area contributed by atoms with Crippen molar-refractivity contribution in [3.8, 4) is 0 Å². The lowest BCUT2D eigenvalue weighted by Crippen LogP contribution is -2.40. The maximum Gasteiger partial charge on any atom is 0.156 e. The standard InChI is InChI=1S/C8H11NO/c1-6-4-7-2-3-10-8(7)9-5-6/h2-3,7-9H,1,4-5H2. The number of hydrogen-bond acceptors (Lipinski definition) is 2. The molecule has 0 aromatic rings. The van der Waals surface area contributed by atoms with Gasteiger partial charge in [0.2, 0.25) is 0 Å². The molecule has 0 radical (unpaired) electrons. The van der Waals surface area contributed by atoms with E-state index in [1.165, 1.54) is 5.57 Å². The first-order valence-electron chi connectivity index (χ1n) is 3.58. The van der Waals surface area contributed by atoms with Crippen LogP contribution in [0.25, 0.3) is 0 Å². The Morgan fingerprint density at radius 3 is 3.50 bits per heavy atom. The van der Waals surface area contributed by atoms with Gasteiger partial charge in [0, 0.05) is 12.5 Å². The van der Waals surface area contributed by atoms with Gasteiger partial charge in [-0.15, -0.1) is 0 Å². The molecule has 0 spiro atoms. The molecule has 1 N–H and O–H groups in total. The third-order valence-electron chi connectivity index (χ3n) is 2.02. The smallest absolute Gasteiger partial charge is 0.156 e. The van der Waals surface area contributed by atoms with E-state index in [1.54, 1.807) is 6.26 Å². The van der Waals surface area contributed by atoms with Gasteiger partial charge in [0.05, 0.1) is 6.26 Å². The Morgan fingerprint density at radius 2 is 2.60 bits per heavy atom. The van der Waals surface area contributed by atoms with Crippen molar-refractivity contribution in [2.75, 3.05) is 6.54 Å². The lowest BCUT2D eigenvalue weighted by Gasteiger charge is -2.26. The molecule has 1 fully saturated rings. The van der Waals surface area contributed by atoms with Crippen LogP contribution in [0.3, 0.4) is 0 Å². The molecule has 2 heterocycles. The van der Waals surface area contributed by atoms with Crippen LogP contribution in [0, 0.1) is 5.92 Å². The van der Waals surface area contributed by atoms with Crippen LogP contribution in [0.2, 0.25) is 0 Å². The molecule has 2 heteroatoms. The fourth-order valence-corrected chi connectivity index (χ4v) is 1.46. The summed E-state index contributed by atoms with van der Waals surface area (Å²) in [4.78, 5) is 0. The van der Waals surface area contributed by atoms with Gasteiger partial charge in [0.25, 0.3) is 0 Å². The highest BCUT2D eigenvalue weighted by Crippen LogP contribution is 2.25. The molecule has 2 aliphatic heterocycles. The average molecular weight is 137 g/mol. The quantitative estimate of drug-likeness (QED) is 0.503. The van der Waals surface area contributed by atoms with E-state index in [2.05, 4.69) is 18.0 Å². The van der Waals surface area contributed by atoms with E-state index in [0.717, 1.165) is 13.0 Å². The van der Waals surface area contributed by atoms with Crippen molar-refractivity contribution in [1.29, 1.82) is 0 Å². The monoisotopic (exact) mass is 137 g/mol. The zero-order chi connectivity index (χ0) is 6.97. The summed E-state index contributed by atoms with van der Waals surface area (Å²) in [6.45, 7) is 4.83. The number of ether oxygens (including phenoxy) is 1. The van der Waals surface area contributed by atoms with Crippen molar-refractivity contribution in [3.63, 3.8) is 0 Å². The number of fused-ring (bicyclic) bond motifs is 1. The van der Waals surface area contributed by atoms with E-state index >= 15 is 0 Å². The lowest BCUT2D eigenvalue weighted by atomic mass is 9.96.